The van der Waals surface area contributed by atoms with Crippen molar-refractivity contribution in [3.8, 4) is 0 Å². The van der Waals surface area contributed by atoms with Gasteiger partial charge in [0.25, 0.3) is 0 Å². The van der Waals surface area contributed by atoms with E-state index in [0.717, 1.165) is 12.0 Å². The van der Waals surface area contributed by atoms with Gasteiger partial charge in [0.05, 0.1) is 0 Å². The van der Waals surface area contributed by atoms with Crippen LogP contribution in [-0.4, -0.2) is 0 Å². The van der Waals surface area contributed by atoms with Crippen LogP contribution in [0.15, 0.2) is 79.4 Å². The van der Waals surface area contributed by atoms with Crippen molar-refractivity contribution in [2.45, 2.75) is 33.1 Å². The monoisotopic (exact) mass is 326 g/mol. The van der Waals surface area contributed by atoms with Gasteiger partial charge in [-0.05, 0) is 52.7 Å². The minimum absolute atomic E-state index is 0.553. The lowest BCUT2D eigenvalue weighted by atomic mass is 9.92. The van der Waals surface area contributed by atoms with Crippen LogP contribution in [0.4, 0.5) is 0 Å². The van der Waals surface area contributed by atoms with Crippen molar-refractivity contribution in [1.82, 2.24) is 0 Å². The highest BCUT2D eigenvalue weighted by Gasteiger charge is 2.07. The fourth-order valence-corrected chi connectivity index (χ4v) is 3.22. The molecule has 0 atom stereocenters. The minimum atomic E-state index is 0.553. The number of benzene rings is 3. The summed E-state index contributed by atoms with van der Waals surface area (Å²) in [7, 11) is 0. The second kappa shape index (κ2) is 7.53. The molecule has 0 aliphatic carbocycles. The first kappa shape index (κ1) is 17.2. The van der Waals surface area contributed by atoms with Gasteiger partial charge in [-0.2, -0.15) is 0 Å². The summed E-state index contributed by atoms with van der Waals surface area (Å²) in [6.07, 6.45) is 0.978. The molecule has 0 radical (unpaired) electrons. The molecule has 0 N–H and O–H groups in total. The molecule has 0 nitrogen and oxygen atoms in total. The molecule has 0 bridgehead atoms. The Hall–Kier alpha value is -2.60. The molecule has 0 saturated heterocycles. The van der Waals surface area contributed by atoms with Crippen LogP contribution in [0.3, 0.4) is 0 Å². The lowest BCUT2D eigenvalue weighted by molar-refractivity contribution is 0.848. The third-order valence-corrected chi connectivity index (χ3v) is 4.77. The summed E-state index contributed by atoms with van der Waals surface area (Å²) in [5.74, 6) is 0.553. The van der Waals surface area contributed by atoms with Crippen LogP contribution in [0.25, 0.3) is 5.57 Å². The molecule has 0 aromatic heterocycles. The van der Waals surface area contributed by atoms with Crippen molar-refractivity contribution >= 4 is 5.57 Å². The molecule has 25 heavy (non-hydrogen) atoms. The van der Waals surface area contributed by atoms with Gasteiger partial charge in [0.15, 0.2) is 0 Å². The van der Waals surface area contributed by atoms with Gasteiger partial charge in [0, 0.05) is 0 Å². The summed E-state index contributed by atoms with van der Waals surface area (Å²) in [5, 5.41) is 0. The Morgan fingerprint density at radius 3 is 1.96 bits per heavy atom. The highest BCUT2D eigenvalue weighted by molar-refractivity contribution is 5.78. The fourth-order valence-electron chi connectivity index (χ4n) is 3.22. The lowest BCUT2D eigenvalue weighted by Crippen LogP contribution is -1.97. The van der Waals surface area contributed by atoms with Gasteiger partial charge in [-0.15, -0.1) is 0 Å². The molecular formula is C25H26. The van der Waals surface area contributed by atoms with Crippen molar-refractivity contribution in [2.24, 2.45) is 0 Å². The van der Waals surface area contributed by atoms with Crippen molar-refractivity contribution in [1.29, 1.82) is 0 Å². The summed E-state index contributed by atoms with van der Waals surface area (Å²) in [6, 6.07) is 26.2. The molecule has 3 aromatic carbocycles. The van der Waals surface area contributed by atoms with Crippen LogP contribution in [0.1, 0.15) is 53.1 Å². The Kier molecular flexibility index (Phi) is 5.19. The van der Waals surface area contributed by atoms with Crippen LogP contribution < -0.4 is 0 Å². The largest absolute Gasteiger partial charge is 0.0906 e. The Balaban J connectivity index is 1.79. The zero-order chi connectivity index (χ0) is 17.8. The standard InChI is InChI=1S/C25H26/c1-18(2)25-8-6-5-7-24(25)17-21-11-15-23(16-12-21)20(4)22-13-9-19(3)10-14-22/h5-16,18H,4,17H2,1-3H3. The first-order chi connectivity index (χ1) is 12.0. The van der Waals surface area contributed by atoms with Crippen molar-refractivity contribution in [3.63, 3.8) is 0 Å². The van der Waals surface area contributed by atoms with Gasteiger partial charge in [-0.25, -0.2) is 0 Å². The van der Waals surface area contributed by atoms with Gasteiger partial charge in [0.2, 0.25) is 0 Å². The topological polar surface area (TPSA) is 0 Å². The van der Waals surface area contributed by atoms with Gasteiger partial charge >= 0.3 is 0 Å². The summed E-state index contributed by atoms with van der Waals surface area (Å²) in [4.78, 5) is 0. The van der Waals surface area contributed by atoms with E-state index in [1.54, 1.807) is 0 Å². The maximum atomic E-state index is 4.28. The van der Waals surface area contributed by atoms with E-state index in [9.17, 15) is 0 Å². The number of hydrogen-bond donors (Lipinski definition) is 0. The lowest BCUT2D eigenvalue weighted by Gasteiger charge is -2.13. The average molecular weight is 326 g/mol. The van der Waals surface area contributed by atoms with E-state index in [0.29, 0.717) is 5.92 Å². The van der Waals surface area contributed by atoms with Crippen LogP contribution in [-0.2, 0) is 6.42 Å². The summed E-state index contributed by atoms with van der Waals surface area (Å²) >= 11 is 0. The quantitative estimate of drug-likeness (QED) is 0.485. The molecular weight excluding hydrogens is 300 g/mol. The van der Waals surface area contributed by atoms with E-state index in [1.807, 2.05) is 0 Å². The maximum Gasteiger partial charge on any atom is -0.00229 e. The summed E-state index contributed by atoms with van der Waals surface area (Å²) in [5.41, 5.74) is 8.92. The number of rotatable bonds is 5. The van der Waals surface area contributed by atoms with Gasteiger partial charge in [0.1, 0.15) is 0 Å². The molecule has 0 unspecified atom stereocenters. The van der Waals surface area contributed by atoms with Crippen molar-refractivity contribution in [2.75, 3.05) is 0 Å². The number of aryl methyl sites for hydroxylation is 1. The maximum absolute atomic E-state index is 4.28. The molecule has 0 heterocycles. The van der Waals surface area contributed by atoms with E-state index in [2.05, 4.69) is 100 Å². The molecule has 3 rings (SSSR count). The Bertz CT molecular complexity index is 849. The second-order valence-corrected chi connectivity index (χ2v) is 7.07. The third-order valence-electron chi connectivity index (χ3n) is 4.77. The smallest absolute Gasteiger partial charge is 0.00229 e. The molecule has 0 aliphatic rings. The second-order valence-electron chi connectivity index (χ2n) is 7.07. The molecule has 0 amide bonds. The normalized spacial score (nSPS) is 10.9. The molecule has 126 valence electrons. The van der Waals surface area contributed by atoms with Gasteiger partial charge in [-0.1, -0.05) is 98.8 Å². The third kappa shape index (κ3) is 4.09. The summed E-state index contributed by atoms with van der Waals surface area (Å²) in [6.45, 7) is 10.9. The minimum Gasteiger partial charge on any atom is -0.0906 e. The van der Waals surface area contributed by atoms with Crippen molar-refractivity contribution < 1.29 is 0 Å². The van der Waals surface area contributed by atoms with E-state index in [1.165, 1.54) is 33.4 Å². The van der Waals surface area contributed by atoms with E-state index < -0.39 is 0 Å². The predicted octanol–water partition coefficient (Wildman–Crippen LogP) is 6.77. The van der Waals surface area contributed by atoms with Crippen LogP contribution in [0.2, 0.25) is 0 Å². The molecule has 3 aromatic rings. The molecule has 0 spiro atoms. The summed E-state index contributed by atoms with van der Waals surface area (Å²) < 4.78 is 0. The van der Waals surface area contributed by atoms with Crippen molar-refractivity contribution in [3.05, 3.63) is 113 Å². The van der Waals surface area contributed by atoms with Crippen LogP contribution in [0, 0.1) is 6.92 Å². The van der Waals surface area contributed by atoms with Gasteiger partial charge in [-0.3, -0.25) is 0 Å². The molecule has 0 fully saturated rings. The van der Waals surface area contributed by atoms with E-state index in [-0.39, 0.29) is 0 Å². The Morgan fingerprint density at radius 1 is 0.800 bits per heavy atom. The van der Waals surface area contributed by atoms with Crippen LogP contribution >= 0.6 is 0 Å². The van der Waals surface area contributed by atoms with Gasteiger partial charge < -0.3 is 0 Å². The first-order valence-electron chi connectivity index (χ1n) is 8.97. The Morgan fingerprint density at radius 2 is 1.36 bits per heavy atom. The van der Waals surface area contributed by atoms with E-state index in [4.69, 9.17) is 0 Å². The zero-order valence-corrected chi connectivity index (χ0v) is 15.4. The highest BCUT2D eigenvalue weighted by Crippen LogP contribution is 2.25. The Labute approximate surface area is 151 Å². The molecule has 0 heteroatoms. The zero-order valence-electron chi connectivity index (χ0n) is 15.4. The molecule has 0 saturated carbocycles. The fraction of sp³-hybridized carbons (Fsp3) is 0.200. The average Bonchev–Trinajstić information content (AvgIpc) is 2.63. The van der Waals surface area contributed by atoms with Crippen LogP contribution in [0.5, 0.6) is 0 Å². The predicted molar refractivity (Wildman–Crippen MR) is 109 cm³/mol. The number of hydrogen-bond acceptors (Lipinski definition) is 0. The van der Waals surface area contributed by atoms with E-state index >= 15 is 0 Å². The first-order valence-corrected chi connectivity index (χ1v) is 8.97. The molecule has 0 aliphatic heterocycles. The highest BCUT2D eigenvalue weighted by atomic mass is 14.1. The SMILES string of the molecule is C=C(c1ccc(C)cc1)c1ccc(Cc2ccccc2C(C)C)cc1.